The lowest BCUT2D eigenvalue weighted by atomic mass is 9.92. The first-order valence-electron chi connectivity index (χ1n) is 8.47. The molecule has 0 saturated heterocycles. The van der Waals surface area contributed by atoms with E-state index in [2.05, 4.69) is 24.1 Å². The van der Waals surface area contributed by atoms with Crippen LogP contribution in [0.25, 0.3) is 0 Å². The standard InChI is InChI=1S/C19H26N2O2/c1-2-3-4-5-6-14-7-12-18(17(13-14)19(20)23)21-15-8-10-16(22)11-9-15/h7,12-13,15-16,21-22H,2-4,8-11H2,1H3,(H2,20,23)/t15-,16-. The van der Waals surface area contributed by atoms with Crippen LogP contribution in [0, 0.1) is 11.8 Å². The van der Waals surface area contributed by atoms with E-state index in [1.54, 1.807) is 6.07 Å². The summed E-state index contributed by atoms with van der Waals surface area (Å²) in [6.07, 6.45) is 6.28. The van der Waals surface area contributed by atoms with E-state index < -0.39 is 5.91 Å². The Kier molecular flexibility index (Phi) is 6.49. The van der Waals surface area contributed by atoms with Gasteiger partial charge in [0.15, 0.2) is 0 Å². The van der Waals surface area contributed by atoms with Gasteiger partial charge in [0.05, 0.1) is 11.7 Å². The van der Waals surface area contributed by atoms with Gasteiger partial charge in [-0.15, -0.1) is 0 Å². The number of anilines is 1. The molecule has 1 aromatic rings. The summed E-state index contributed by atoms with van der Waals surface area (Å²) in [5, 5.41) is 13.0. The second kappa shape index (κ2) is 8.59. The third kappa shape index (κ3) is 5.30. The molecule has 4 nitrogen and oxygen atoms in total. The van der Waals surface area contributed by atoms with E-state index in [0.29, 0.717) is 5.56 Å². The molecule has 1 fully saturated rings. The minimum absolute atomic E-state index is 0.190. The van der Waals surface area contributed by atoms with Gasteiger partial charge < -0.3 is 16.2 Å². The number of nitrogens with two attached hydrogens (primary N) is 1. The van der Waals surface area contributed by atoms with E-state index in [9.17, 15) is 9.90 Å². The van der Waals surface area contributed by atoms with Crippen molar-refractivity contribution in [2.75, 3.05) is 5.32 Å². The summed E-state index contributed by atoms with van der Waals surface area (Å²) in [5.74, 6) is 5.77. The van der Waals surface area contributed by atoms with Gasteiger partial charge in [-0.1, -0.05) is 25.2 Å². The summed E-state index contributed by atoms with van der Waals surface area (Å²) >= 11 is 0. The van der Waals surface area contributed by atoms with Crippen molar-refractivity contribution in [2.45, 2.75) is 64.0 Å². The molecule has 0 bridgehead atoms. The van der Waals surface area contributed by atoms with Crippen LogP contribution >= 0.6 is 0 Å². The van der Waals surface area contributed by atoms with Crippen molar-refractivity contribution in [3.63, 3.8) is 0 Å². The van der Waals surface area contributed by atoms with Gasteiger partial charge in [0.1, 0.15) is 0 Å². The zero-order valence-electron chi connectivity index (χ0n) is 13.8. The Bertz CT molecular complexity index is 593. The average molecular weight is 314 g/mol. The highest BCUT2D eigenvalue weighted by atomic mass is 16.3. The molecule has 0 radical (unpaired) electrons. The van der Waals surface area contributed by atoms with Crippen molar-refractivity contribution in [1.82, 2.24) is 0 Å². The first-order chi connectivity index (χ1) is 11.1. The Balaban J connectivity index is 2.09. The fourth-order valence-corrected chi connectivity index (χ4v) is 2.82. The van der Waals surface area contributed by atoms with Crippen molar-refractivity contribution in [2.24, 2.45) is 5.73 Å². The second-order valence-electron chi connectivity index (χ2n) is 6.18. The zero-order chi connectivity index (χ0) is 16.7. The third-order valence-electron chi connectivity index (χ3n) is 4.23. The SMILES string of the molecule is CCCCC#Cc1ccc(N[C@H]2CC[C@H](O)CC2)c(C(N)=O)c1. The molecule has 124 valence electrons. The monoisotopic (exact) mass is 314 g/mol. The Labute approximate surface area is 138 Å². The first kappa shape index (κ1) is 17.4. The predicted molar refractivity (Wildman–Crippen MR) is 93.2 cm³/mol. The van der Waals surface area contributed by atoms with Crippen molar-refractivity contribution in [1.29, 1.82) is 0 Å². The second-order valence-corrected chi connectivity index (χ2v) is 6.18. The average Bonchev–Trinajstić information content (AvgIpc) is 2.54. The fraction of sp³-hybridized carbons (Fsp3) is 0.526. The molecule has 0 heterocycles. The fourth-order valence-electron chi connectivity index (χ4n) is 2.82. The molecule has 23 heavy (non-hydrogen) atoms. The maximum Gasteiger partial charge on any atom is 0.250 e. The maximum absolute atomic E-state index is 11.7. The van der Waals surface area contributed by atoms with Crippen LogP contribution in [0.1, 0.15) is 67.8 Å². The molecule has 4 heteroatoms. The molecular weight excluding hydrogens is 288 g/mol. The molecule has 1 amide bonds. The maximum atomic E-state index is 11.7. The lowest BCUT2D eigenvalue weighted by Crippen LogP contribution is -2.29. The van der Waals surface area contributed by atoms with Crippen molar-refractivity contribution < 1.29 is 9.90 Å². The minimum atomic E-state index is -0.444. The van der Waals surface area contributed by atoms with Crippen molar-refractivity contribution in [3.8, 4) is 11.8 Å². The molecule has 1 aliphatic carbocycles. The van der Waals surface area contributed by atoms with Gasteiger partial charge >= 0.3 is 0 Å². The number of hydrogen-bond acceptors (Lipinski definition) is 3. The highest BCUT2D eigenvalue weighted by Crippen LogP contribution is 2.24. The van der Waals surface area contributed by atoms with Gasteiger partial charge in [-0.25, -0.2) is 0 Å². The molecule has 4 N–H and O–H groups in total. The van der Waals surface area contributed by atoms with E-state index in [-0.39, 0.29) is 12.1 Å². The Morgan fingerprint density at radius 2 is 2.09 bits per heavy atom. The van der Waals surface area contributed by atoms with Gasteiger partial charge in [0.2, 0.25) is 0 Å². The Morgan fingerprint density at radius 1 is 1.35 bits per heavy atom. The number of rotatable bonds is 5. The minimum Gasteiger partial charge on any atom is -0.393 e. The van der Waals surface area contributed by atoms with E-state index in [4.69, 9.17) is 5.73 Å². The molecule has 2 rings (SSSR count). The summed E-state index contributed by atoms with van der Waals surface area (Å²) < 4.78 is 0. The zero-order valence-corrected chi connectivity index (χ0v) is 13.8. The number of primary amides is 1. The topological polar surface area (TPSA) is 75.3 Å². The normalized spacial score (nSPS) is 20.4. The smallest absolute Gasteiger partial charge is 0.250 e. The number of aliphatic hydroxyl groups is 1. The number of nitrogens with one attached hydrogen (secondary N) is 1. The van der Waals surface area contributed by atoms with Crippen LogP contribution in [0.3, 0.4) is 0 Å². The molecule has 1 saturated carbocycles. The quantitative estimate of drug-likeness (QED) is 0.577. The van der Waals surface area contributed by atoms with E-state index >= 15 is 0 Å². The highest BCUT2D eigenvalue weighted by molar-refractivity contribution is 5.99. The van der Waals surface area contributed by atoms with E-state index in [0.717, 1.165) is 56.2 Å². The number of benzene rings is 1. The lowest BCUT2D eigenvalue weighted by Gasteiger charge is -2.27. The summed E-state index contributed by atoms with van der Waals surface area (Å²) in [5.41, 5.74) is 7.59. The molecule has 0 aliphatic heterocycles. The van der Waals surface area contributed by atoms with Gasteiger partial charge in [0.25, 0.3) is 5.91 Å². The summed E-state index contributed by atoms with van der Waals surface area (Å²) in [6, 6.07) is 5.85. The van der Waals surface area contributed by atoms with E-state index in [1.807, 2.05) is 12.1 Å². The van der Waals surface area contributed by atoms with Crippen LogP contribution in [0.5, 0.6) is 0 Å². The number of carbonyl (C=O) groups excluding carboxylic acids is 1. The molecular formula is C19H26N2O2. The number of carbonyl (C=O) groups is 1. The van der Waals surface area contributed by atoms with Crippen LogP contribution < -0.4 is 11.1 Å². The summed E-state index contributed by atoms with van der Waals surface area (Å²) in [4.78, 5) is 11.7. The molecule has 1 aromatic carbocycles. The highest BCUT2D eigenvalue weighted by Gasteiger charge is 2.20. The first-order valence-corrected chi connectivity index (χ1v) is 8.47. The Hall–Kier alpha value is -1.99. The van der Waals surface area contributed by atoms with Crippen molar-refractivity contribution >= 4 is 11.6 Å². The van der Waals surface area contributed by atoms with Gasteiger partial charge in [-0.3, -0.25) is 4.79 Å². The van der Waals surface area contributed by atoms with Crippen LogP contribution in [0.4, 0.5) is 5.69 Å². The van der Waals surface area contributed by atoms with Crippen LogP contribution in [-0.4, -0.2) is 23.2 Å². The molecule has 0 unspecified atom stereocenters. The van der Waals surface area contributed by atoms with Crippen LogP contribution in [0.2, 0.25) is 0 Å². The van der Waals surface area contributed by atoms with Crippen molar-refractivity contribution in [3.05, 3.63) is 29.3 Å². The molecule has 0 spiro atoms. The molecule has 0 atom stereocenters. The number of aliphatic hydroxyl groups excluding tert-OH is 1. The van der Waals surface area contributed by atoms with E-state index in [1.165, 1.54) is 0 Å². The van der Waals surface area contributed by atoms with Crippen LogP contribution in [0.15, 0.2) is 18.2 Å². The number of amides is 1. The summed E-state index contributed by atoms with van der Waals surface area (Å²) in [6.45, 7) is 2.14. The number of hydrogen-bond donors (Lipinski definition) is 3. The molecule has 0 aromatic heterocycles. The van der Waals surface area contributed by atoms with Crippen LogP contribution in [-0.2, 0) is 0 Å². The molecule has 1 aliphatic rings. The summed E-state index contributed by atoms with van der Waals surface area (Å²) in [7, 11) is 0. The lowest BCUT2D eigenvalue weighted by molar-refractivity contribution is 0.100. The van der Waals surface area contributed by atoms with Gasteiger partial charge in [-0.05, 0) is 50.3 Å². The van der Waals surface area contributed by atoms with Gasteiger partial charge in [0, 0.05) is 23.7 Å². The Morgan fingerprint density at radius 3 is 2.74 bits per heavy atom. The third-order valence-corrected chi connectivity index (χ3v) is 4.23. The largest absolute Gasteiger partial charge is 0.393 e. The number of unbranched alkanes of at least 4 members (excludes halogenated alkanes) is 2. The predicted octanol–water partition coefficient (Wildman–Crippen LogP) is 3.04. The van der Waals surface area contributed by atoms with Gasteiger partial charge in [-0.2, -0.15) is 0 Å².